The summed E-state index contributed by atoms with van der Waals surface area (Å²) in [4.78, 5) is 22.5. The van der Waals surface area contributed by atoms with Gasteiger partial charge in [0, 0.05) is 40.8 Å². The Bertz CT molecular complexity index is 1670. The molecule has 8 nitrogen and oxygen atoms in total. The van der Waals surface area contributed by atoms with Crippen molar-refractivity contribution < 1.29 is 9.53 Å². The molecule has 1 aliphatic carbocycles. The number of carbonyl (C=O) groups excluding carboxylic acids is 1. The van der Waals surface area contributed by atoms with Crippen molar-refractivity contribution in [1.82, 2.24) is 24.7 Å². The fourth-order valence-corrected chi connectivity index (χ4v) is 5.03. The maximum absolute atomic E-state index is 13.6. The molecule has 1 atom stereocenters. The smallest absolute Gasteiger partial charge is 0.274 e. The molecule has 8 heteroatoms. The van der Waals surface area contributed by atoms with Crippen LogP contribution in [0.25, 0.3) is 22.5 Å². The minimum absolute atomic E-state index is 0.0189. The number of benzene rings is 2. The highest BCUT2D eigenvalue weighted by Gasteiger charge is 2.27. The summed E-state index contributed by atoms with van der Waals surface area (Å²) in [6, 6.07) is 21.6. The minimum Gasteiger partial charge on any atom is -0.491 e. The molecule has 0 saturated heterocycles. The van der Waals surface area contributed by atoms with E-state index < -0.39 is 0 Å². The van der Waals surface area contributed by atoms with E-state index in [0.29, 0.717) is 29.7 Å². The molecule has 5 aromatic rings. The van der Waals surface area contributed by atoms with Gasteiger partial charge in [-0.05, 0) is 80.6 Å². The zero-order valence-electron chi connectivity index (χ0n) is 23.4. The van der Waals surface area contributed by atoms with Crippen molar-refractivity contribution >= 4 is 11.6 Å². The van der Waals surface area contributed by atoms with E-state index in [0.717, 1.165) is 52.1 Å². The van der Waals surface area contributed by atoms with Crippen LogP contribution in [0.3, 0.4) is 0 Å². The number of rotatable bonds is 9. The van der Waals surface area contributed by atoms with Crippen molar-refractivity contribution in [3.05, 3.63) is 108 Å². The van der Waals surface area contributed by atoms with Crippen LogP contribution in [-0.2, 0) is 0 Å². The van der Waals surface area contributed by atoms with Gasteiger partial charge in [0.1, 0.15) is 24.4 Å². The van der Waals surface area contributed by atoms with Crippen LogP contribution < -0.4 is 10.1 Å². The first-order valence-corrected chi connectivity index (χ1v) is 13.9. The molecule has 1 saturated carbocycles. The van der Waals surface area contributed by atoms with Crippen molar-refractivity contribution in [2.24, 2.45) is 0 Å². The number of carbonyl (C=O) groups is 1. The third-order valence-corrected chi connectivity index (χ3v) is 7.42. The monoisotopic (exact) mass is 544 g/mol. The fourth-order valence-electron chi connectivity index (χ4n) is 5.03. The third kappa shape index (κ3) is 5.72. The number of aryl methyl sites for hydroxylation is 2. The van der Waals surface area contributed by atoms with Gasteiger partial charge < -0.3 is 14.6 Å². The predicted molar refractivity (Wildman–Crippen MR) is 159 cm³/mol. The molecule has 3 heterocycles. The quantitative estimate of drug-likeness (QED) is 0.220. The summed E-state index contributed by atoms with van der Waals surface area (Å²) in [5.74, 6) is 1.78. The summed E-state index contributed by atoms with van der Waals surface area (Å²) in [5.41, 5.74) is 6.76. The normalized spacial score (nSPS) is 13.5. The Kier molecular flexibility index (Phi) is 7.29. The second kappa shape index (κ2) is 11.3. The summed E-state index contributed by atoms with van der Waals surface area (Å²) >= 11 is 0. The van der Waals surface area contributed by atoms with Crippen LogP contribution in [0.5, 0.6) is 5.75 Å². The number of aromatic nitrogens is 5. The van der Waals surface area contributed by atoms with Gasteiger partial charge in [0.25, 0.3) is 5.91 Å². The van der Waals surface area contributed by atoms with Gasteiger partial charge in [-0.25, -0.2) is 4.98 Å². The molecule has 0 unspecified atom stereocenters. The first-order chi connectivity index (χ1) is 20.0. The summed E-state index contributed by atoms with van der Waals surface area (Å²) in [6.45, 7) is 6.64. The van der Waals surface area contributed by atoms with E-state index in [1.165, 1.54) is 0 Å². The van der Waals surface area contributed by atoms with Gasteiger partial charge in [-0.1, -0.05) is 36.4 Å². The zero-order chi connectivity index (χ0) is 28.3. The molecule has 2 aromatic carbocycles. The maximum Gasteiger partial charge on any atom is 0.274 e. The number of para-hydroxylation sites is 1. The van der Waals surface area contributed by atoms with E-state index in [-0.39, 0.29) is 11.9 Å². The van der Waals surface area contributed by atoms with Gasteiger partial charge in [0.05, 0.1) is 6.04 Å². The van der Waals surface area contributed by atoms with E-state index in [1.807, 2.05) is 59.2 Å². The van der Waals surface area contributed by atoms with E-state index in [4.69, 9.17) is 9.72 Å². The average molecular weight is 545 g/mol. The van der Waals surface area contributed by atoms with Crippen LogP contribution >= 0.6 is 0 Å². The Morgan fingerprint density at radius 2 is 1.76 bits per heavy atom. The Balaban J connectivity index is 1.23. The topological polar surface area (TPSA) is 94.8 Å². The molecule has 1 amide bonds. The van der Waals surface area contributed by atoms with Crippen LogP contribution in [0, 0.1) is 13.8 Å². The number of hydrogen-bond donors (Lipinski definition) is 1. The van der Waals surface area contributed by atoms with Gasteiger partial charge in [0.2, 0.25) is 0 Å². The van der Waals surface area contributed by atoms with E-state index in [2.05, 4.69) is 53.4 Å². The van der Waals surface area contributed by atoms with Crippen LogP contribution in [0.1, 0.15) is 59.0 Å². The van der Waals surface area contributed by atoms with Gasteiger partial charge in [-0.3, -0.25) is 9.78 Å². The minimum atomic E-state index is -0.256. The molecule has 41 heavy (non-hydrogen) atoms. The summed E-state index contributed by atoms with van der Waals surface area (Å²) in [5, 5.41) is 11.6. The fraction of sp³-hybridized carbons (Fsp3) is 0.242. The van der Waals surface area contributed by atoms with Crippen molar-refractivity contribution in [3.8, 4) is 28.3 Å². The molecule has 0 bridgehead atoms. The highest BCUT2D eigenvalue weighted by molar-refractivity contribution is 6.07. The van der Waals surface area contributed by atoms with E-state index >= 15 is 0 Å². The van der Waals surface area contributed by atoms with E-state index in [9.17, 15) is 4.79 Å². The lowest BCUT2D eigenvalue weighted by molar-refractivity contribution is 0.102. The number of hydrogen-bond acceptors (Lipinski definition) is 6. The van der Waals surface area contributed by atoms with Crippen LogP contribution in [0.2, 0.25) is 0 Å². The number of nitrogens with zero attached hydrogens (tertiary/aromatic N) is 5. The van der Waals surface area contributed by atoms with E-state index in [1.54, 1.807) is 18.7 Å². The van der Waals surface area contributed by atoms with Gasteiger partial charge in [0.15, 0.2) is 5.82 Å². The Morgan fingerprint density at radius 1 is 1.00 bits per heavy atom. The summed E-state index contributed by atoms with van der Waals surface area (Å²) < 4.78 is 8.20. The van der Waals surface area contributed by atoms with Crippen molar-refractivity contribution in [3.63, 3.8) is 0 Å². The molecule has 206 valence electrons. The number of amides is 1. The Labute approximate surface area is 239 Å². The molecule has 0 spiro atoms. The SMILES string of the molecule is Cc1cccc(C)c1OC[C@H](C)n1cnnc1-c1cccc(NC(=O)c2nc(C3CC3)ccc2-c2ccncc2)c1. The van der Waals surface area contributed by atoms with Crippen LogP contribution in [-0.4, -0.2) is 37.2 Å². The second-order valence-corrected chi connectivity index (χ2v) is 10.6. The molecule has 6 rings (SSSR count). The lowest BCUT2D eigenvalue weighted by Gasteiger charge is -2.19. The van der Waals surface area contributed by atoms with Gasteiger partial charge >= 0.3 is 0 Å². The lowest BCUT2D eigenvalue weighted by Crippen LogP contribution is -2.16. The molecule has 0 aliphatic heterocycles. The molecule has 1 aliphatic rings. The van der Waals surface area contributed by atoms with Crippen LogP contribution in [0.15, 0.2) is 85.5 Å². The third-order valence-electron chi connectivity index (χ3n) is 7.42. The van der Waals surface area contributed by atoms with Crippen molar-refractivity contribution in [2.75, 3.05) is 11.9 Å². The van der Waals surface area contributed by atoms with Crippen molar-refractivity contribution in [1.29, 1.82) is 0 Å². The maximum atomic E-state index is 13.6. The highest BCUT2D eigenvalue weighted by Crippen LogP contribution is 2.40. The van der Waals surface area contributed by atoms with Crippen LogP contribution in [0.4, 0.5) is 5.69 Å². The molecule has 3 aromatic heterocycles. The second-order valence-electron chi connectivity index (χ2n) is 10.6. The standard InChI is InChI=1S/C33H32N6O2/c1-21-6-4-7-22(2)31(21)41-19-23(3)39-20-35-38-32(39)26-8-5-9-27(18-26)36-33(40)30-28(24-14-16-34-17-15-24)12-13-29(37-30)25-10-11-25/h4-9,12-18,20,23,25H,10-11,19H2,1-3H3,(H,36,40)/t23-/m0/s1. The number of anilines is 1. The van der Waals surface area contributed by atoms with Crippen molar-refractivity contribution in [2.45, 2.75) is 45.6 Å². The Morgan fingerprint density at radius 3 is 2.51 bits per heavy atom. The zero-order valence-corrected chi connectivity index (χ0v) is 23.4. The molecule has 1 N–H and O–H groups in total. The number of ether oxygens (including phenoxy) is 1. The van der Waals surface area contributed by atoms with Gasteiger partial charge in [-0.2, -0.15) is 0 Å². The molecular weight excluding hydrogens is 512 g/mol. The first kappa shape index (κ1) is 26.4. The number of nitrogens with one attached hydrogen (secondary N) is 1. The largest absolute Gasteiger partial charge is 0.491 e. The summed E-state index contributed by atoms with van der Waals surface area (Å²) in [6.07, 6.45) is 7.38. The Hall–Kier alpha value is -4.85. The number of pyridine rings is 2. The molecular formula is C33H32N6O2. The highest BCUT2D eigenvalue weighted by atomic mass is 16.5. The molecule has 1 fully saturated rings. The lowest BCUT2D eigenvalue weighted by atomic mass is 10.0. The summed E-state index contributed by atoms with van der Waals surface area (Å²) in [7, 11) is 0. The molecule has 0 radical (unpaired) electrons. The average Bonchev–Trinajstić information content (AvgIpc) is 3.72. The first-order valence-electron chi connectivity index (χ1n) is 13.9. The predicted octanol–water partition coefficient (Wildman–Crippen LogP) is 6.79. The van der Waals surface area contributed by atoms with Gasteiger partial charge in [-0.15, -0.1) is 10.2 Å².